The summed E-state index contributed by atoms with van der Waals surface area (Å²) in [5.74, 6) is 0.0419. The van der Waals surface area contributed by atoms with E-state index in [0.29, 0.717) is 11.4 Å². The number of amidine groups is 1. The van der Waals surface area contributed by atoms with Crippen LogP contribution in [-0.4, -0.2) is 37.4 Å². The van der Waals surface area contributed by atoms with E-state index in [2.05, 4.69) is 9.71 Å². The highest BCUT2D eigenvalue weighted by atomic mass is 32.2. The number of carbonyl (C=O) groups excluding carboxylic acids is 1. The largest absolute Gasteiger partial charge is 0.341 e. The van der Waals surface area contributed by atoms with Crippen LogP contribution in [0.2, 0.25) is 0 Å². The molecule has 2 aromatic rings. The summed E-state index contributed by atoms with van der Waals surface area (Å²) in [6.07, 6.45) is 4.82. The quantitative estimate of drug-likeness (QED) is 0.845. The number of benzene rings is 2. The van der Waals surface area contributed by atoms with E-state index < -0.39 is 10.0 Å². The summed E-state index contributed by atoms with van der Waals surface area (Å²) in [5.41, 5.74) is 3.58. The highest BCUT2D eigenvalue weighted by molar-refractivity contribution is 7.90. The normalized spacial score (nSPS) is 18.3. The lowest BCUT2D eigenvalue weighted by molar-refractivity contribution is -0.117. The molecule has 2 heterocycles. The van der Waals surface area contributed by atoms with Gasteiger partial charge in [0.1, 0.15) is 5.84 Å². The second-order valence-electron chi connectivity index (χ2n) is 7.07. The molecule has 1 N–H and O–H groups in total. The van der Waals surface area contributed by atoms with Gasteiger partial charge in [0.25, 0.3) is 15.9 Å². The van der Waals surface area contributed by atoms with Crippen molar-refractivity contribution in [1.82, 2.24) is 10.2 Å². The minimum atomic E-state index is -3.42. The molecule has 0 fully saturated rings. The summed E-state index contributed by atoms with van der Waals surface area (Å²) in [4.78, 5) is 14.7. The fraction of sp³-hybridized carbons (Fsp3) is 0.182. The lowest BCUT2D eigenvalue weighted by Gasteiger charge is -2.27. The Morgan fingerprint density at radius 3 is 2.45 bits per heavy atom. The van der Waals surface area contributed by atoms with Crippen molar-refractivity contribution >= 4 is 21.8 Å². The Hall–Kier alpha value is -3.19. The Morgan fingerprint density at radius 1 is 1.03 bits per heavy atom. The monoisotopic (exact) mass is 407 g/mol. The Morgan fingerprint density at radius 2 is 1.72 bits per heavy atom. The molecule has 2 aliphatic rings. The van der Waals surface area contributed by atoms with Crippen molar-refractivity contribution in [2.45, 2.75) is 13.0 Å². The van der Waals surface area contributed by atoms with Crippen molar-refractivity contribution in [3.8, 4) is 0 Å². The first-order valence-corrected chi connectivity index (χ1v) is 10.9. The van der Waals surface area contributed by atoms with Crippen molar-refractivity contribution in [2.75, 3.05) is 12.3 Å². The van der Waals surface area contributed by atoms with E-state index in [0.717, 1.165) is 16.7 Å². The molecule has 148 valence electrons. The van der Waals surface area contributed by atoms with Gasteiger partial charge >= 0.3 is 0 Å². The van der Waals surface area contributed by atoms with Crippen LogP contribution in [0.15, 0.2) is 82.9 Å². The molecule has 1 amide bonds. The average molecular weight is 407 g/mol. The topological polar surface area (TPSA) is 78.8 Å². The van der Waals surface area contributed by atoms with Crippen molar-refractivity contribution in [2.24, 2.45) is 4.40 Å². The second-order valence-corrected chi connectivity index (χ2v) is 8.83. The lowest BCUT2D eigenvalue weighted by Crippen LogP contribution is -2.38. The van der Waals surface area contributed by atoms with Crippen LogP contribution in [0.4, 0.5) is 0 Å². The van der Waals surface area contributed by atoms with Gasteiger partial charge in [0.15, 0.2) is 0 Å². The molecule has 0 aliphatic carbocycles. The number of hydrogen-bond donors (Lipinski definition) is 1. The van der Waals surface area contributed by atoms with Crippen molar-refractivity contribution in [1.29, 1.82) is 0 Å². The second kappa shape index (κ2) is 7.67. The first-order valence-electron chi connectivity index (χ1n) is 9.33. The van der Waals surface area contributed by atoms with Crippen LogP contribution in [0, 0.1) is 6.92 Å². The minimum absolute atomic E-state index is 0.0637. The Kier molecular flexibility index (Phi) is 5.07. The van der Waals surface area contributed by atoms with Gasteiger partial charge in [-0.25, -0.2) is 8.42 Å². The molecule has 6 nitrogen and oxygen atoms in total. The number of rotatable bonds is 4. The maximum absolute atomic E-state index is 13.0. The molecule has 0 spiro atoms. The van der Waals surface area contributed by atoms with E-state index in [1.54, 1.807) is 23.3 Å². The Balaban J connectivity index is 1.60. The van der Waals surface area contributed by atoms with Gasteiger partial charge in [0.2, 0.25) is 0 Å². The summed E-state index contributed by atoms with van der Waals surface area (Å²) >= 11 is 0. The molecule has 4 rings (SSSR count). The molecule has 7 heteroatoms. The predicted molar refractivity (Wildman–Crippen MR) is 113 cm³/mol. The summed E-state index contributed by atoms with van der Waals surface area (Å²) < 4.78 is 27.1. The molecular weight excluding hydrogens is 386 g/mol. The number of nitrogens with zero attached hydrogens (tertiary/aromatic N) is 2. The zero-order chi connectivity index (χ0) is 20.4. The number of nitrogens with one attached hydrogen (secondary N) is 1. The molecule has 2 aromatic carbocycles. The minimum Gasteiger partial charge on any atom is -0.341 e. The van der Waals surface area contributed by atoms with E-state index >= 15 is 0 Å². The van der Waals surface area contributed by atoms with E-state index in [4.69, 9.17) is 0 Å². The molecule has 0 radical (unpaired) electrons. The van der Waals surface area contributed by atoms with Crippen LogP contribution in [-0.2, 0) is 14.8 Å². The Labute approximate surface area is 170 Å². The van der Waals surface area contributed by atoms with E-state index in [9.17, 15) is 13.2 Å². The average Bonchev–Trinajstić information content (AvgIpc) is 2.72. The van der Waals surface area contributed by atoms with E-state index in [1.807, 2.05) is 61.5 Å². The number of amides is 1. The van der Waals surface area contributed by atoms with Gasteiger partial charge in [-0.15, -0.1) is 4.40 Å². The summed E-state index contributed by atoms with van der Waals surface area (Å²) in [7, 11) is -3.42. The smallest absolute Gasteiger partial charge is 0.256 e. The zero-order valence-electron chi connectivity index (χ0n) is 15.9. The summed E-state index contributed by atoms with van der Waals surface area (Å²) in [6, 6.07) is 17.6. The van der Waals surface area contributed by atoms with E-state index in [-0.39, 0.29) is 24.2 Å². The molecule has 0 bridgehead atoms. The number of carbonyl (C=O) groups is 1. The molecule has 1 unspecified atom stereocenters. The van der Waals surface area contributed by atoms with Crippen molar-refractivity contribution in [3.05, 3.63) is 95.2 Å². The maximum atomic E-state index is 13.0. The molecule has 0 saturated heterocycles. The van der Waals surface area contributed by atoms with Crippen LogP contribution < -0.4 is 5.32 Å². The number of aryl methyl sites for hydroxylation is 1. The van der Waals surface area contributed by atoms with Crippen LogP contribution >= 0.6 is 0 Å². The van der Waals surface area contributed by atoms with Gasteiger partial charge in [-0.2, -0.15) is 0 Å². The SMILES string of the molecule is Cc1ccc(C(NC(=O)C2=CN3CCS(=O)(=O)N=C3C=C2)c2ccccc2)cc1. The summed E-state index contributed by atoms with van der Waals surface area (Å²) in [6.45, 7) is 2.30. The lowest BCUT2D eigenvalue weighted by atomic mass is 9.97. The fourth-order valence-electron chi connectivity index (χ4n) is 3.31. The molecule has 1 atom stereocenters. The zero-order valence-corrected chi connectivity index (χ0v) is 16.8. The van der Waals surface area contributed by atoms with Crippen LogP contribution in [0.3, 0.4) is 0 Å². The standard InChI is InChI=1S/C22H21N3O3S/c1-16-7-9-18(10-8-16)21(17-5-3-2-4-6-17)23-22(26)19-11-12-20-24-29(27,28)14-13-25(20)15-19/h2-12,15,21H,13-14H2,1H3,(H,23,26). The van der Waals surface area contributed by atoms with Gasteiger partial charge in [0.05, 0.1) is 17.4 Å². The number of hydrogen-bond acceptors (Lipinski definition) is 4. The highest BCUT2D eigenvalue weighted by Gasteiger charge is 2.26. The first kappa shape index (κ1) is 19.1. The van der Waals surface area contributed by atoms with Crippen LogP contribution in [0.25, 0.3) is 0 Å². The van der Waals surface area contributed by atoms with Crippen LogP contribution in [0.5, 0.6) is 0 Å². The molecular formula is C22H21N3O3S. The van der Waals surface area contributed by atoms with Gasteiger partial charge in [-0.3, -0.25) is 4.79 Å². The summed E-state index contributed by atoms with van der Waals surface area (Å²) in [5, 5.41) is 3.11. The molecule has 0 aromatic heterocycles. The third kappa shape index (κ3) is 4.30. The maximum Gasteiger partial charge on any atom is 0.256 e. The molecule has 29 heavy (non-hydrogen) atoms. The Bertz CT molecular complexity index is 1120. The van der Waals surface area contributed by atoms with Gasteiger partial charge < -0.3 is 10.2 Å². The third-order valence-electron chi connectivity index (χ3n) is 4.91. The van der Waals surface area contributed by atoms with Crippen molar-refractivity contribution < 1.29 is 13.2 Å². The number of fused-ring (bicyclic) bond motifs is 1. The highest BCUT2D eigenvalue weighted by Crippen LogP contribution is 2.24. The molecule has 2 aliphatic heterocycles. The van der Waals surface area contributed by atoms with Crippen molar-refractivity contribution in [3.63, 3.8) is 0 Å². The van der Waals surface area contributed by atoms with E-state index in [1.165, 1.54) is 0 Å². The third-order valence-corrected chi connectivity index (χ3v) is 6.07. The van der Waals surface area contributed by atoms with Gasteiger partial charge in [-0.05, 0) is 30.2 Å². The van der Waals surface area contributed by atoms with Crippen LogP contribution in [0.1, 0.15) is 22.7 Å². The first-order chi connectivity index (χ1) is 13.9. The molecule has 0 saturated carbocycles. The number of sulfonamides is 1. The predicted octanol–water partition coefficient (Wildman–Crippen LogP) is 2.70. The van der Waals surface area contributed by atoms with Gasteiger partial charge in [0, 0.05) is 12.7 Å². The van der Waals surface area contributed by atoms with Gasteiger partial charge in [-0.1, -0.05) is 60.2 Å². The fourth-order valence-corrected chi connectivity index (χ4v) is 4.28.